The number of halogens is 1. The Bertz CT molecular complexity index is 557. The maximum Gasteiger partial charge on any atom is 0.360 e. The number of benzene rings is 1. The van der Waals surface area contributed by atoms with Crippen molar-refractivity contribution in [3.05, 3.63) is 40.9 Å². The summed E-state index contributed by atoms with van der Waals surface area (Å²) in [4.78, 5) is 15.6. The summed E-state index contributed by atoms with van der Waals surface area (Å²) in [6.45, 7) is 3.94. The number of carbonyl (C=O) groups excluding carboxylic acids is 1. The van der Waals surface area contributed by atoms with Crippen molar-refractivity contribution in [2.24, 2.45) is 0 Å². The average Bonchev–Trinajstić information content (AvgIpc) is 2.76. The Kier molecular flexibility index (Phi) is 3.67. The van der Waals surface area contributed by atoms with Gasteiger partial charge in [-0.25, -0.2) is 9.78 Å². The molecular weight excluding hydrogens is 254 g/mol. The van der Waals surface area contributed by atoms with Gasteiger partial charge in [-0.2, -0.15) is 0 Å². The summed E-state index contributed by atoms with van der Waals surface area (Å²) in [5, 5.41) is 0.580. The number of aromatic nitrogens is 1. The summed E-state index contributed by atoms with van der Waals surface area (Å²) in [5.41, 5.74) is 1.85. The SMILES string of the molecule is CCOC(=O)c1ncoc1-c1cc(C)cc(Cl)c1. The van der Waals surface area contributed by atoms with E-state index in [2.05, 4.69) is 4.98 Å². The molecule has 0 radical (unpaired) electrons. The second-order valence-corrected chi connectivity index (χ2v) is 4.20. The molecule has 2 rings (SSSR count). The topological polar surface area (TPSA) is 52.3 Å². The van der Waals surface area contributed by atoms with Gasteiger partial charge in [0.05, 0.1) is 6.61 Å². The van der Waals surface area contributed by atoms with Gasteiger partial charge < -0.3 is 9.15 Å². The van der Waals surface area contributed by atoms with Crippen LogP contribution in [-0.4, -0.2) is 17.6 Å². The maximum atomic E-state index is 11.7. The minimum Gasteiger partial charge on any atom is -0.461 e. The van der Waals surface area contributed by atoms with E-state index in [9.17, 15) is 4.79 Å². The van der Waals surface area contributed by atoms with Crippen LogP contribution in [0.5, 0.6) is 0 Å². The highest BCUT2D eigenvalue weighted by molar-refractivity contribution is 6.31. The van der Waals surface area contributed by atoms with E-state index in [4.69, 9.17) is 20.8 Å². The number of rotatable bonds is 3. The first-order valence-electron chi connectivity index (χ1n) is 5.50. The number of ether oxygens (including phenoxy) is 1. The lowest BCUT2D eigenvalue weighted by molar-refractivity contribution is 0.0520. The molecule has 0 atom stereocenters. The molecule has 1 aromatic carbocycles. The number of carbonyl (C=O) groups is 1. The Labute approximate surface area is 110 Å². The highest BCUT2D eigenvalue weighted by Gasteiger charge is 2.19. The number of hydrogen-bond acceptors (Lipinski definition) is 4. The molecule has 0 unspecified atom stereocenters. The Morgan fingerprint density at radius 1 is 1.44 bits per heavy atom. The summed E-state index contributed by atoms with van der Waals surface area (Å²) in [6.07, 6.45) is 1.22. The van der Waals surface area contributed by atoms with Crippen LogP contribution in [0.4, 0.5) is 0 Å². The maximum absolute atomic E-state index is 11.7. The van der Waals surface area contributed by atoms with Crippen molar-refractivity contribution in [3.8, 4) is 11.3 Å². The first-order chi connectivity index (χ1) is 8.61. The Balaban J connectivity index is 2.45. The Hall–Kier alpha value is -1.81. The van der Waals surface area contributed by atoms with Gasteiger partial charge in [0.1, 0.15) is 0 Å². The fourth-order valence-electron chi connectivity index (χ4n) is 1.66. The van der Waals surface area contributed by atoms with Gasteiger partial charge in [-0.05, 0) is 37.6 Å². The van der Waals surface area contributed by atoms with Crippen LogP contribution < -0.4 is 0 Å². The monoisotopic (exact) mass is 265 g/mol. The van der Waals surface area contributed by atoms with Crippen LogP contribution in [0.25, 0.3) is 11.3 Å². The van der Waals surface area contributed by atoms with Crippen molar-refractivity contribution in [2.45, 2.75) is 13.8 Å². The zero-order valence-electron chi connectivity index (χ0n) is 10.1. The van der Waals surface area contributed by atoms with Gasteiger partial charge in [0, 0.05) is 10.6 Å². The van der Waals surface area contributed by atoms with E-state index in [0.717, 1.165) is 5.56 Å². The second kappa shape index (κ2) is 5.23. The van der Waals surface area contributed by atoms with E-state index in [1.807, 2.05) is 19.1 Å². The Morgan fingerprint density at radius 3 is 2.89 bits per heavy atom. The van der Waals surface area contributed by atoms with Gasteiger partial charge >= 0.3 is 5.97 Å². The minimum atomic E-state index is -0.501. The summed E-state index contributed by atoms with van der Waals surface area (Å²) in [7, 11) is 0. The third-order valence-corrected chi connectivity index (χ3v) is 2.56. The summed E-state index contributed by atoms with van der Waals surface area (Å²) < 4.78 is 10.2. The van der Waals surface area contributed by atoms with Crippen LogP contribution in [-0.2, 0) is 4.74 Å². The van der Waals surface area contributed by atoms with Crippen molar-refractivity contribution in [1.82, 2.24) is 4.98 Å². The molecule has 0 fully saturated rings. The molecule has 1 aromatic heterocycles. The van der Waals surface area contributed by atoms with E-state index in [1.54, 1.807) is 13.0 Å². The first-order valence-corrected chi connectivity index (χ1v) is 5.87. The van der Waals surface area contributed by atoms with Crippen LogP contribution in [0.1, 0.15) is 23.0 Å². The van der Waals surface area contributed by atoms with Crippen LogP contribution >= 0.6 is 11.6 Å². The number of esters is 1. The first kappa shape index (κ1) is 12.6. The number of hydrogen-bond donors (Lipinski definition) is 0. The van der Waals surface area contributed by atoms with Gasteiger partial charge in [0.25, 0.3) is 0 Å². The average molecular weight is 266 g/mol. The fourth-order valence-corrected chi connectivity index (χ4v) is 1.95. The van der Waals surface area contributed by atoms with E-state index in [-0.39, 0.29) is 5.69 Å². The molecule has 0 bridgehead atoms. The zero-order chi connectivity index (χ0) is 13.1. The molecule has 1 heterocycles. The van der Waals surface area contributed by atoms with Gasteiger partial charge in [0.15, 0.2) is 17.8 Å². The van der Waals surface area contributed by atoms with Crippen LogP contribution in [0.3, 0.4) is 0 Å². The molecule has 94 valence electrons. The van der Waals surface area contributed by atoms with Crippen LogP contribution in [0, 0.1) is 6.92 Å². The van der Waals surface area contributed by atoms with Gasteiger partial charge in [-0.1, -0.05) is 11.6 Å². The Morgan fingerprint density at radius 2 is 2.22 bits per heavy atom. The molecule has 0 amide bonds. The number of nitrogens with zero attached hydrogens (tertiary/aromatic N) is 1. The third kappa shape index (κ3) is 2.54. The lowest BCUT2D eigenvalue weighted by atomic mass is 10.1. The van der Waals surface area contributed by atoms with E-state index >= 15 is 0 Å². The van der Waals surface area contributed by atoms with E-state index in [1.165, 1.54) is 6.39 Å². The predicted octanol–water partition coefficient (Wildman–Crippen LogP) is 3.48. The van der Waals surface area contributed by atoms with E-state index < -0.39 is 5.97 Å². The summed E-state index contributed by atoms with van der Waals surface area (Å²) in [5.74, 6) is -0.127. The molecule has 0 saturated heterocycles. The highest BCUT2D eigenvalue weighted by atomic mass is 35.5. The molecule has 0 aliphatic rings. The van der Waals surface area contributed by atoms with Crippen molar-refractivity contribution in [3.63, 3.8) is 0 Å². The van der Waals surface area contributed by atoms with Gasteiger partial charge in [-0.3, -0.25) is 0 Å². The molecule has 0 aliphatic heterocycles. The van der Waals surface area contributed by atoms with Crippen molar-refractivity contribution < 1.29 is 13.9 Å². The molecule has 4 nitrogen and oxygen atoms in total. The van der Waals surface area contributed by atoms with Crippen LogP contribution in [0.2, 0.25) is 5.02 Å². The molecule has 2 aromatic rings. The summed E-state index contributed by atoms with van der Waals surface area (Å²) >= 11 is 5.98. The second-order valence-electron chi connectivity index (χ2n) is 3.77. The molecule has 0 N–H and O–H groups in total. The number of aryl methyl sites for hydroxylation is 1. The van der Waals surface area contributed by atoms with E-state index in [0.29, 0.717) is 23.0 Å². The lowest BCUT2D eigenvalue weighted by Crippen LogP contribution is -2.06. The summed E-state index contributed by atoms with van der Waals surface area (Å²) in [6, 6.07) is 5.42. The van der Waals surface area contributed by atoms with Crippen molar-refractivity contribution in [1.29, 1.82) is 0 Å². The minimum absolute atomic E-state index is 0.165. The van der Waals surface area contributed by atoms with Crippen molar-refractivity contribution in [2.75, 3.05) is 6.61 Å². The van der Waals surface area contributed by atoms with Gasteiger partial charge in [-0.15, -0.1) is 0 Å². The molecule has 18 heavy (non-hydrogen) atoms. The largest absolute Gasteiger partial charge is 0.461 e. The predicted molar refractivity (Wildman–Crippen MR) is 67.6 cm³/mol. The van der Waals surface area contributed by atoms with Crippen molar-refractivity contribution >= 4 is 17.6 Å². The van der Waals surface area contributed by atoms with Gasteiger partial charge in [0.2, 0.25) is 0 Å². The lowest BCUT2D eigenvalue weighted by Gasteiger charge is -2.03. The van der Waals surface area contributed by atoms with Crippen LogP contribution in [0.15, 0.2) is 29.0 Å². The molecule has 0 saturated carbocycles. The highest BCUT2D eigenvalue weighted by Crippen LogP contribution is 2.27. The molecular formula is C13H12ClNO3. The molecule has 0 aliphatic carbocycles. The smallest absolute Gasteiger partial charge is 0.360 e. The fraction of sp³-hybridized carbons (Fsp3) is 0.231. The standard InChI is InChI=1S/C13H12ClNO3/c1-3-17-13(16)11-12(18-7-15-11)9-4-8(2)5-10(14)6-9/h4-7H,3H2,1-2H3. The zero-order valence-corrected chi connectivity index (χ0v) is 10.8. The normalized spacial score (nSPS) is 10.4. The molecule has 5 heteroatoms. The third-order valence-electron chi connectivity index (χ3n) is 2.34. The number of oxazole rings is 1. The quantitative estimate of drug-likeness (QED) is 0.797. The molecule has 0 spiro atoms.